The zero-order chi connectivity index (χ0) is 17.6. The SMILES string of the molecule is CCNC(=NCCC1CCN(C)CC1)NCCN(C)CCCOC.I. The number of likely N-dealkylation sites (N-methyl/N-ethyl adjacent to an activating group) is 1. The molecule has 0 bridgehead atoms. The molecule has 6 nitrogen and oxygen atoms in total. The summed E-state index contributed by atoms with van der Waals surface area (Å²) in [5.41, 5.74) is 0. The van der Waals surface area contributed by atoms with Crippen LogP contribution in [0.15, 0.2) is 4.99 Å². The van der Waals surface area contributed by atoms with E-state index in [4.69, 9.17) is 9.73 Å². The van der Waals surface area contributed by atoms with Gasteiger partial charge in [-0.1, -0.05) is 0 Å². The standard InChI is InChI=1S/C18H39N5O.HI/c1-5-19-18(21-11-15-22(2)12-6-16-24-4)20-10-7-17-8-13-23(3)14-9-17;/h17H,5-16H2,1-4H3,(H2,19,20,21);1H. The van der Waals surface area contributed by atoms with Gasteiger partial charge in [-0.15, -0.1) is 24.0 Å². The summed E-state index contributed by atoms with van der Waals surface area (Å²) in [6.45, 7) is 10.3. The zero-order valence-corrected chi connectivity index (χ0v) is 19.1. The number of guanidine groups is 1. The maximum atomic E-state index is 5.09. The van der Waals surface area contributed by atoms with E-state index < -0.39 is 0 Å². The molecule has 0 aliphatic carbocycles. The second-order valence-electron chi connectivity index (χ2n) is 6.87. The first-order valence-corrected chi connectivity index (χ1v) is 9.54. The summed E-state index contributed by atoms with van der Waals surface area (Å²) >= 11 is 0. The van der Waals surface area contributed by atoms with Gasteiger partial charge in [0.15, 0.2) is 5.96 Å². The lowest BCUT2D eigenvalue weighted by Crippen LogP contribution is -2.41. The molecule has 7 heteroatoms. The maximum Gasteiger partial charge on any atom is 0.191 e. The first-order chi connectivity index (χ1) is 11.7. The quantitative estimate of drug-likeness (QED) is 0.210. The van der Waals surface area contributed by atoms with Gasteiger partial charge in [-0.05, 0) is 65.7 Å². The van der Waals surface area contributed by atoms with Crippen molar-refractivity contribution in [2.75, 3.05) is 73.6 Å². The molecule has 0 spiro atoms. The summed E-state index contributed by atoms with van der Waals surface area (Å²) < 4.78 is 5.09. The molecule has 1 aliphatic heterocycles. The van der Waals surface area contributed by atoms with Gasteiger partial charge < -0.3 is 25.2 Å². The molecule has 1 heterocycles. The van der Waals surface area contributed by atoms with E-state index in [1.165, 1.54) is 32.4 Å². The van der Waals surface area contributed by atoms with Gasteiger partial charge in [0, 0.05) is 46.4 Å². The van der Waals surface area contributed by atoms with Gasteiger partial charge >= 0.3 is 0 Å². The van der Waals surface area contributed by atoms with Gasteiger partial charge in [0.2, 0.25) is 0 Å². The summed E-state index contributed by atoms with van der Waals surface area (Å²) in [7, 11) is 6.13. The Labute approximate surface area is 172 Å². The van der Waals surface area contributed by atoms with Crippen LogP contribution in [0.5, 0.6) is 0 Å². The van der Waals surface area contributed by atoms with Crippen molar-refractivity contribution >= 4 is 29.9 Å². The molecule has 0 radical (unpaired) electrons. The van der Waals surface area contributed by atoms with Gasteiger partial charge in [-0.3, -0.25) is 4.99 Å². The van der Waals surface area contributed by atoms with E-state index in [0.717, 1.165) is 57.6 Å². The van der Waals surface area contributed by atoms with Crippen molar-refractivity contribution < 1.29 is 4.74 Å². The number of nitrogens with zero attached hydrogens (tertiary/aromatic N) is 3. The first kappa shape index (κ1) is 24.9. The Morgan fingerprint density at radius 1 is 1.24 bits per heavy atom. The molecule has 1 rings (SSSR count). The molecule has 0 aromatic carbocycles. The monoisotopic (exact) mass is 469 g/mol. The largest absolute Gasteiger partial charge is 0.385 e. The smallest absolute Gasteiger partial charge is 0.191 e. The molecule has 1 fully saturated rings. The second-order valence-corrected chi connectivity index (χ2v) is 6.87. The van der Waals surface area contributed by atoms with Crippen molar-refractivity contribution in [1.82, 2.24) is 20.4 Å². The van der Waals surface area contributed by atoms with Crippen molar-refractivity contribution in [3.8, 4) is 0 Å². The van der Waals surface area contributed by atoms with Crippen LogP contribution in [0, 0.1) is 5.92 Å². The number of likely N-dealkylation sites (tertiary alicyclic amines) is 1. The Balaban J connectivity index is 0.00000576. The van der Waals surface area contributed by atoms with E-state index in [-0.39, 0.29) is 24.0 Å². The maximum absolute atomic E-state index is 5.09. The van der Waals surface area contributed by atoms with Gasteiger partial charge in [0.25, 0.3) is 0 Å². The molecular weight excluding hydrogens is 429 g/mol. The number of ether oxygens (including phenoxy) is 1. The fraction of sp³-hybridized carbons (Fsp3) is 0.944. The number of nitrogens with one attached hydrogen (secondary N) is 2. The van der Waals surface area contributed by atoms with Crippen LogP contribution >= 0.6 is 24.0 Å². The van der Waals surface area contributed by atoms with Crippen LogP contribution < -0.4 is 10.6 Å². The normalized spacial score (nSPS) is 16.8. The predicted octanol–water partition coefficient (Wildman–Crippen LogP) is 1.86. The molecule has 0 amide bonds. The number of rotatable bonds is 11. The number of methoxy groups -OCH3 is 1. The highest BCUT2D eigenvalue weighted by molar-refractivity contribution is 14.0. The minimum atomic E-state index is 0. The molecule has 0 saturated carbocycles. The molecule has 0 unspecified atom stereocenters. The average Bonchev–Trinajstić information content (AvgIpc) is 2.57. The van der Waals surface area contributed by atoms with Crippen molar-refractivity contribution in [2.24, 2.45) is 10.9 Å². The Morgan fingerprint density at radius 3 is 2.60 bits per heavy atom. The Hall–Kier alpha value is -0.120. The summed E-state index contributed by atoms with van der Waals surface area (Å²) in [5.74, 6) is 1.80. The lowest BCUT2D eigenvalue weighted by molar-refractivity contribution is 0.180. The van der Waals surface area contributed by atoms with Crippen LogP contribution in [-0.2, 0) is 4.74 Å². The molecule has 1 aliphatic rings. The number of hydrogen-bond donors (Lipinski definition) is 2. The van der Waals surface area contributed by atoms with E-state index in [1.54, 1.807) is 7.11 Å². The van der Waals surface area contributed by atoms with Gasteiger partial charge in [-0.2, -0.15) is 0 Å². The average molecular weight is 469 g/mol. The van der Waals surface area contributed by atoms with E-state index in [9.17, 15) is 0 Å². The van der Waals surface area contributed by atoms with Crippen LogP contribution in [0.4, 0.5) is 0 Å². The lowest BCUT2D eigenvalue weighted by Gasteiger charge is -2.28. The highest BCUT2D eigenvalue weighted by atomic mass is 127. The highest BCUT2D eigenvalue weighted by Crippen LogP contribution is 2.19. The van der Waals surface area contributed by atoms with E-state index >= 15 is 0 Å². The number of aliphatic imine (C=N–C) groups is 1. The third-order valence-corrected chi connectivity index (χ3v) is 4.66. The topological polar surface area (TPSA) is 52.1 Å². The van der Waals surface area contributed by atoms with Crippen LogP contribution in [0.1, 0.15) is 32.6 Å². The van der Waals surface area contributed by atoms with Crippen molar-refractivity contribution in [3.05, 3.63) is 0 Å². The fourth-order valence-electron chi connectivity index (χ4n) is 3.01. The Bertz CT molecular complexity index is 335. The van der Waals surface area contributed by atoms with Gasteiger partial charge in [0.05, 0.1) is 0 Å². The number of halogens is 1. The first-order valence-electron chi connectivity index (χ1n) is 9.54. The third-order valence-electron chi connectivity index (χ3n) is 4.66. The van der Waals surface area contributed by atoms with Crippen LogP contribution in [0.25, 0.3) is 0 Å². The summed E-state index contributed by atoms with van der Waals surface area (Å²) in [4.78, 5) is 9.49. The molecule has 0 aromatic heterocycles. The summed E-state index contributed by atoms with van der Waals surface area (Å²) in [6, 6.07) is 0. The number of piperidine rings is 1. The molecule has 2 N–H and O–H groups in total. The Morgan fingerprint density at radius 2 is 1.96 bits per heavy atom. The van der Waals surface area contributed by atoms with Crippen molar-refractivity contribution in [2.45, 2.75) is 32.6 Å². The molecule has 0 aromatic rings. The summed E-state index contributed by atoms with van der Waals surface area (Å²) in [6.07, 6.45) is 4.93. The van der Waals surface area contributed by atoms with E-state index in [1.807, 2.05) is 0 Å². The molecular formula is C18H40IN5O. The minimum Gasteiger partial charge on any atom is -0.385 e. The van der Waals surface area contributed by atoms with Crippen LogP contribution in [0.3, 0.4) is 0 Å². The lowest BCUT2D eigenvalue weighted by atomic mass is 9.94. The number of hydrogen-bond acceptors (Lipinski definition) is 4. The third kappa shape index (κ3) is 12.8. The van der Waals surface area contributed by atoms with Crippen LogP contribution in [0.2, 0.25) is 0 Å². The van der Waals surface area contributed by atoms with E-state index in [2.05, 4.69) is 41.5 Å². The summed E-state index contributed by atoms with van der Waals surface area (Å²) in [5, 5.41) is 6.79. The van der Waals surface area contributed by atoms with Gasteiger partial charge in [-0.25, -0.2) is 0 Å². The highest BCUT2D eigenvalue weighted by Gasteiger charge is 2.15. The molecule has 0 atom stereocenters. The zero-order valence-electron chi connectivity index (χ0n) is 16.7. The Kier molecular flexibility index (Phi) is 16.0. The van der Waals surface area contributed by atoms with Gasteiger partial charge in [0.1, 0.15) is 0 Å². The second kappa shape index (κ2) is 16.1. The van der Waals surface area contributed by atoms with Crippen molar-refractivity contribution in [3.63, 3.8) is 0 Å². The molecule has 25 heavy (non-hydrogen) atoms. The predicted molar refractivity (Wildman–Crippen MR) is 118 cm³/mol. The van der Waals surface area contributed by atoms with Crippen molar-refractivity contribution in [1.29, 1.82) is 0 Å². The fourth-order valence-corrected chi connectivity index (χ4v) is 3.01. The molecule has 150 valence electrons. The van der Waals surface area contributed by atoms with E-state index in [0.29, 0.717) is 0 Å². The van der Waals surface area contributed by atoms with Crippen LogP contribution in [-0.4, -0.2) is 89.4 Å². The molecule has 1 saturated heterocycles. The minimum absolute atomic E-state index is 0.